The van der Waals surface area contributed by atoms with Gasteiger partial charge in [0.1, 0.15) is 13.2 Å². The second-order valence-electron chi connectivity index (χ2n) is 2.98. The normalized spacial score (nSPS) is 11.9. The van der Waals surface area contributed by atoms with Gasteiger partial charge in [0.05, 0.1) is 21.1 Å². The van der Waals surface area contributed by atoms with E-state index < -0.39 is 8.69 Å². The molecule has 0 heterocycles. The predicted octanol–water partition coefficient (Wildman–Crippen LogP) is -0.000300. The summed E-state index contributed by atoms with van der Waals surface area (Å²) in [5.74, 6) is 0. The van der Waals surface area contributed by atoms with Crippen LogP contribution >= 0.6 is 8.69 Å². The molecule has 0 spiro atoms. The van der Waals surface area contributed by atoms with Crippen molar-refractivity contribution in [1.29, 1.82) is 0 Å². The molecule has 0 aliphatic carbocycles. The first-order valence-corrected chi connectivity index (χ1v) is 3.86. The molecule has 0 aromatic rings. The molecule has 0 aromatic heterocycles. The maximum absolute atomic E-state index is 9.87. The van der Waals surface area contributed by atoms with Crippen LogP contribution in [0.1, 0.15) is 0 Å². The van der Waals surface area contributed by atoms with E-state index in [9.17, 15) is 4.57 Å². The molecule has 0 rings (SSSR count). The first-order valence-electron chi connectivity index (χ1n) is 2.92. The van der Waals surface area contributed by atoms with Gasteiger partial charge in [0, 0.05) is 0 Å². The molecular weight excluding hydrogens is 177 g/mol. The van der Waals surface area contributed by atoms with Crippen LogP contribution in [0.5, 0.6) is 0 Å². The minimum Gasteiger partial charge on any atom is -0.329 e. The van der Waals surface area contributed by atoms with Crippen LogP contribution in [0.2, 0.25) is 0 Å². The molecule has 0 radical (unpaired) electrons. The van der Waals surface area contributed by atoms with Crippen LogP contribution in [0.25, 0.3) is 0 Å². The molecule has 5 heteroatoms. The Bertz CT molecular complexity index is 94.1. The summed E-state index contributed by atoms with van der Waals surface area (Å²) in [5, 5.41) is 0. The first kappa shape index (κ1) is 14.0. The SMILES string of the molecule is C[N+](C)(C)CCO[PH2]=O.[Ca+2]. The molecule has 0 amide bonds. The van der Waals surface area contributed by atoms with Crippen molar-refractivity contribution in [2.75, 3.05) is 34.3 Å². The van der Waals surface area contributed by atoms with Crippen molar-refractivity contribution in [3.63, 3.8) is 0 Å². The zero-order valence-electron chi connectivity index (χ0n) is 6.96. The number of rotatable bonds is 4. The van der Waals surface area contributed by atoms with E-state index in [2.05, 4.69) is 21.1 Å². The van der Waals surface area contributed by atoms with Crippen LogP contribution in [0, 0.1) is 0 Å². The summed E-state index contributed by atoms with van der Waals surface area (Å²) in [6.45, 7) is 1.51. The van der Waals surface area contributed by atoms with Crippen LogP contribution < -0.4 is 0 Å². The van der Waals surface area contributed by atoms with Gasteiger partial charge in [0.15, 0.2) is 8.69 Å². The van der Waals surface area contributed by atoms with Gasteiger partial charge >= 0.3 is 37.7 Å². The van der Waals surface area contributed by atoms with Crippen molar-refractivity contribution >= 4 is 46.4 Å². The number of hydrogen-bond donors (Lipinski definition) is 0. The van der Waals surface area contributed by atoms with Crippen LogP contribution in [0.15, 0.2) is 0 Å². The van der Waals surface area contributed by atoms with Crippen molar-refractivity contribution in [1.82, 2.24) is 0 Å². The molecule has 0 aromatic carbocycles. The van der Waals surface area contributed by atoms with E-state index in [1.54, 1.807) is 0 Å². The zero-order chi connectivity index (χ0) is 7.33. The third kappa shape index (κ3) is 12.1. The maximum Gasteiger partial charge on any atom is 2.00 e. The summed E-state index contributed by atoms with van der Waals surface area (Å²) >= 11 is 0. The Morgan fingerprint density at radius 1 is 1.40 bits per heavy atom. The molecule has 0 fully saturated rings. The Hall–Kier alpha value is 1.41. The Kier molecular flexibility index (Phi) is 9.89. The average Bonchev–Trinajstić information content (AvgIpc) is 1.63. The van der Waals surface area contributed by atoms with E-state index in [0.717, 1.165) is 11.0 Å². The molecule has 0 saturated carbocycles. The topological polar surface area (TPSA) is 26.3 Å². The van der Waals surface area contributed by atoms with Crippen LogP contribution in [-0.4, -0.2) is 76.5 Å². The minimum absolute atomic E-state index is 0. The van der Waals surface area contributed by atoms with E-state index in [-0.39, 0.29) is 37.7 Å². The number of hydrogen-bond acceptors (Lipinski definition) is 2. The van der Waals surface area contributed by atoms with Gasteiger partial charge < -0.3 is 9.01 Å². The van der Waals surface area contributed by atoms with Crippen LogP contribution in [0.4, 0.5) is 0 Å². The van der Waals surface area contributed by atoms with E-state index in [1.165, 1.54) is 0 Å². The molecule has 0 aliphatic rings. The van der Waals surface area contributed by atoms with Crippen LogP contribution in [0.3, 0.4) is 0 Å². The van der Waals surface area contributed by atoms with Gasteiger partial charge in [0.2, 0.25) is 0 Å². The Labute approximate surface area is 93.6 Å². The van der Waals surface area contributed by atoms with Gasteiger partial charge in [0.25, 0.3) is 0 Å². The summed E-state index contributed by atoms with van der Waals surface area (Å²) < 4.78 is 15.5. The average molecular weight is 192 g/mol. The monoisotopic (exact) mass is 192 g/mol. The molecule has 1 unspecified atom stereocenters. The fourth-order valence-corrected chi connectivity index (χ4v) is 0.576. The predicted molar refractivity (Wildman–Crippen MR) is 45.0 cm³/mol. The Balaban J connectivity index is 0. The van der Waals surface area contributed by atoms with Crippen molar-refractivity contribution in [2.24, 2.45) is 0 Å². The molecular formula is C5H15CaNO2P+3. The molecule has 10 heavy (non-hydrogen) atoms. The largest absolute Gasteiger partial charge is 2.00 e. The molecule has 1 atom stereocenters. The summed E-state index contributed by atoms with van der Waals surface area (Å²) in [5.41, 5.74) is 0. The van der Waals surface area contributed by atoms with Gasteiger partial charge in [-0.1, -0.05) is 0 Å². The second-order valence-corrected chi connectivity index (χ2v) is 3.51. The van der Waals surface area contributed by atoms with Crippen LogP contribution in [-0.2, 0) is 9.09 Å². The summed E-state index contributed by atoms with van der Waals surface area (Å²) in [6, 6.07) is 0. The molecule has 56 valence electrons. The summed E-state index contributed by atoms with van der Waals surface area (Å²) in [7, 11) is 5.20. The molecule has 0 saturated heterocycles. The minimum atomic E-state index is -1.02. The van der Waals surface area contributed by atoms with E-state index >= 15 is 0 Å². The van der Waals surface area contributed by atoms with Crippen molar-refractivity contribution in [3.05, 3.63) is 0 Å². The molecule has 3 nitrogen and oxygen atoms in total. The third-order valence-electron chi connectivity index (χ3n) is 0.948. The fraction of sp³-hybridized carbons (Fsp3) is 1.00. The van der Waals surface area contributed by atoms with Crippen molar-refractivity contribution in [2.45, 2.75) is 0 Å². The van der Waals surface area contributed by atoms with E-state index in [1.807, 2.05) is 0 Å². The second kappa shape index (κ2) is 7.08. The fourth-order valence-electron chi connectivity index (χ4n) is 0.375. The van der Waals surface area contributed by atoms with Gasteiger partial charge in [-0.2, -0.15) is 0 Å². The third-order valence-corrected chi connectivity index (χ3v) is 1.32. The smallest absolute Gasteiger partial charge is 0.329 e. The van der Waals surface area contributed by atoms with Gasteiger partial charge in [-0.25, -0.2) is 0 Å². The zero-order valence-corrected chi connectivity index (χ0v) is 10.3. The summed E-state index contributed by atoms with van der Waals surface area (Å²) in [6.07, 6.45) is 0. The molecule has 0 bridgehead atoms. The van der Waals surface area contributed by atoms with Gasteiger partial charge in [-0.3, -0.25) is 4.57 Å². The first-order chi connectivity index (χ1) is 4.06. The number of likely N-dealkylation sites (N-methyl/N-ethyl adjacent to an activating group) is 1. The molecule has 0 aliphatic heterocycles. The number of quaternary nitrogens is 1. The Morgan fingerprint density at radius 3 is 2.20 bits per heavy atom. The van der Waals surface area contributed by atoms with E-state index in [0.29, 0.717) is 6.61 Å². The Morgan fingerprint density at radius 2 is 1.90 bits per heavy atom. The standard InChI is InChI=1S/C5H15NO2P.Ca/c1-6(2,3)4-5-8-9-7;/h4-5,9H2,1-3H3;/q+1;+2. The van der Waals surface area contributed by atoms with Crippen molar-refractivity contribution < 1.29 is 13.6 Å². The quantitative estimate of drug-likeness (QED) is 0.271. The van der Waals surface area contributed by atoms with Gasteiger partial charge in [-0.05, 0) is 0 Å². The number of nitrogens with zero attached hydrogens (tertiary/aromatic N) is 1. The van der Waals surface area contributed by atoms with Crippen molar-refractivity contribution in [3.8, 4) is 0 Å². The van der Waals surface area contributed by atoms with Gasteiger partial charge in [-0.15, -0.1) is 0 Å². The van der Waals surface area contributed by atoms with E-state index in [4.69, 9.17) is 4.52 Å². The summed E-state index contributed by atoms with van der Waals surface area (Å²) in [4.78, 5) is 0. The molecule has 0 N–H and O–H groups in total. The maximum atomic E-state index is 9.87.